The lowest BCUT2D eigenvalue weighted by atomic mass is 10.1. The summed E-state index contributed by atoms with van der Waals surface area (Å²) in [5.74, 6) is 0. The summed E-state index contributed by atoms with van der Waals surface area (Å²) in [5.41, 5.74) is 2.72. The van der Waals surface area contributed by atoms with Gasteiger partial charge in [0.2, 0.25) is 0 Å². The molecule has 0 fully saturated rings. The van der Waals surface area contributed by atoms with Crippen molar-refractivity contribution in [3.05, 3.63) is 58.1 Å². The number of anilines is 1. The van der Waals surface area contributed by atoms with Crippen LogP contribution in [-0.4, -0.2) is 45.0 Å². The van der Waals surface area contributed by atoms with E-state index in [9.17, 15) is 8.42 Å². The van der Waals surface area contributed by atoms with E-state index in [0.29, 0.717) is 21.4 Å². The predicted molar refractivity (Wildman–Crippen MR) is 116 cm³/mol. The minimum absolute atomic E-state index is 0.324. The van der Waals surface area contributed by atoms with Gasteiger partial charge >= 0.3 is 0 Å². The lowest BCUT2D eigenvalue weighted by Crippen LogP contribution is -2.35. The van der Waals surface area contributed by atoms with Crippen molar-refractivity contribution in [3.8, 4) is 0 Å². The van der Waals surface area contributed by atoms with Gasteiger partial charge in [-0.25, -0.2) is 8.42 Å². The van der Waals surface area contributed by atoms with Crippen LogP contribution in [-0.2, 0) is 9.84 Å². The first-order valence-electron chi connectivity index (χ1n) is 9.05. The van der Waals surface area contributed by atoms with Crippen molar-refractivity contribution >= 4 is 44.4 Å². The summed E-state index contributed by atoms with van der Waals surface area (Å²) in [6.07, 6.45) is 1.30. The number of benzene rings is 2. The van der Waals surface area contributed by atoms with Gasteiger partial charge in [0, 0.05) is 13.0 Å². The van der Waals surface area contributed by atoms with E-state index in [1.165, 1.54) is 0 Å². The molecule has 3 rings (SSSR count). The molecule has 0 radical (unpaired) electrons. The van der Waals surface area contributed by atoms with Crippen molar-refractivity contribution in [2.75, 3.05) is 25.6 Å². The van der Waals surface area contributed by atoms with Gasteiger partial charge < -0.3 is 0 Å². The summed E-state index contributed by atoms with van der Waals surface area (Å²) in [4.78, 5) is 2.06. The fourth-order valence-electron chi connectivity index (χ4n) is 3.35. The largest absolute Gasteiger partial charge is 0.293 e. The molecule has 1 atom stereocenters. The van der Waals surface area contributed by atoms with Crippen molar-refractivity contribution < 1.29 is 8.42 Å². The Morgan fingerprint density at radius 1 is 1.11 bits per heavy atom. The summed E-state index contributed by atoms with van der Waals surface area (Å²) >= 11 is 12.1. The van der Waals surface area contributed by atoms with E-state index in [4.69, 9.17) is 23.2 Å². The monoisotopic (exact) mass is 439 g/mol. The van der Waals surface area contributed by atoms with Crippen molar-refractivity contribution in [3.63, 3.8) is 0 Å². The molecule has 2 aromatic rings. The zero-order valence-electron chi connectivity index (χ0n) is 16.1. The first kappa shape index (κ1) is 21.1. The first-order valence-corrected chi connectivity index (χ1v) is 11.3. The molecule has 0 saturated heterocycles. The maximum Gasteiger partial charge on any atom is 0.194 e. The van der Waals surface area contributed by atoms with Crippen LogP contribution < -0.4 is 5.01 Å². The average molecular weight is 440 g/mol. The molecule has 5 nitrogen and oxygen atoms in total. The highest BCUT2D eigenvalue weighted by Crippen LogP contribution is 2.28. The normalized spacial score (nSPS) is 15.8. The van der Waals surface area contributed by atoms with Gasteiger partial charge in [0.25, 0.3) is 0 Å². The van der Waals surface area contributed by atoms with Crippen LogP contribution in [0, 0.1) is 0 Å². The molecule has 0 amide bonds. The zero-order valence-corrected chi connectivity index (χ0v) is 18.4. The fraction of sp³-hybridized carbons (Fsp3) is 0.350. The van der Waals surface area contributed by atoms with Crippen LogP contribution in [0.1, 0.15) is 25.3 Å². The summed E-state index contributed by atoms with van der Waals surface area (Å²) in [6, 6.07) is 12.4. The van der Waals surface area contributed by atoms with E-state index in [-0.39, 0.29) is 0 Å². The van der Waals surface area contributed by atoms with Crippen molar-refractivity contribution in [2.24, 2.45) is 5.10 Å². The highest BCUT2D eigenvalue weighted by molar-refractivity contribution is 7.92. The fourth-order valence-corrected chi connectivity index (χ4v) is 5.47. The Balaban J connectivity index is 1.82. The molecule has 0 aliphatic carbocycles. The van der Waals surface area contributed by atoms with Crippen molar-refractivity contribution in [2.45, 2.75) is 30.0 Å². The summed E-state index contributed by atoms with van der Waals surface area (Å²) in [7, 11) is 0.154. The number of hydrazone groups is 1. The molecule has 1 heterocycles. The molecule has 28 heavy (non-hydrogen) atoms. The van der Waals surface area contributed by atoms with Crippen LogP contribution in [0.4, 0.5) is 5.69 Å². The predicted octanol–water partition coefficient (Wildman–Crippen LogP) is 4.68. The van der Waals surface area contributed by atoms with Gasteiger partial charge in [-0.1, -0.05) is 36.2 Å². The molecule has 0 spiro atoms. The highest BCUT2D eigenvalue weighted by atomic mass is 35.5. The van der Waals surface area contributed by atoms with Crippen molar-refractivity contribution in [1.29, 1.82) is 0 Å². The molecular formula is C20H23Cl2N3O2S. The van der Waals surface area contributed by atoms with Gasteiger partial charge in [0.05, 0.1) is 26.3 Å². The summed E-state index contributed by atoms with van der Waals surface area (Å²) in [5, 5.41) is 7.01. The molecule has 1 aliphatic heterocycles. The highest BCUT2D eigenvalue weighted by Gasteiger charge is 2.28. The van der Waals surface area contributed by atoms with E-state index < -0.39 is 15.2 Å². The van der Waals surface area contributed by atoms with Crippen LogP contribution >= 0.6 is 23.2 Å². The zero-order chi connectivity index (χ0) is 20.5. The van der Waals surface area contributed by atoms with Gasteiger partial charge in [-0.15, -0.1) is 0 Å². The molecular weight excluding hydrogens is 417 g/mol. The maximum absolute atomic E-state index is 12.8. The third-order valence-electron chi connectivity index (χ3n) is 4.80. The Morgan fingerprint density at radius 3 is 2.36 bits per heavy atom. The second-order valence-electron chi connectivity index (χ2n) is 6.91. The molecule has 0 bridgehead atoms. The quantitative estimate of drug-likeness (QED) is 0.655. The number of halogens is 2. The molecule has 8 heteroatoms. The third-order valence-corrected chi connectivity index (χ3v) is 7.94. The number of sulfone groups is 1. The van der Waals surface area contributed by atoms with Gasteiger partial charge in [0.1, 0.15) is 5.37 Å². The van der Waals surface area contributed by atoms with Crippen LogP contribution in [0.2, 0.25) is 10.0 Å². The molecule has 0 aromatic heterocycles. The SMILES string of the molecule is CCC(N(C)C)S(=O)(=O)c1ccc(N2CCC(c3ccc(Cl)c(Cl)c3)=N2)cc1. The van der Waals surface area contributed by atoms with Crippen LogP contribution in [0.5, 0.6) is 0 Å². The standard InChI is InChI=1S/C20H23Cl2N3O2S/c1-4-20(24(2)3)28(26,27)16-8-6-15(7-9-16)25-12-11-19(23-25)14-5-10-17(21)18(22)13-14/h5-10,13,20H,4,11-12H2,1-3H3. The van der Waals surface area contributed by atoms with Gasteiger partial charge in [-0.05, 0) is 62.5 Å². The Hall–Kier alpha value is -1.60. The minimum atomic E-state index is -3.41. The van der Waals surface area contributed by atoms with Crippen molar-refractivity contribution in [1.82, 2.24) is 4.90 Å². The van der Waals surface area contributed by atoms with Gasteiger partial charge in [-0.3, -0.25) is 9.91 Å². The maximum atomic E-state index is 12.8. The van der Waals surface area contributed by atoms with E-state index >= 15 is 0 Å². The lowest BCUT2D eigenvalue weighted by Gasteiger charge is -2.23. The van der Waals surface area contributed by atoms with Gasteiger partial charge in [-0.2, -0.15) is 5.10 Å². The first-order chi connectivity index (χ1) is 13.2. The van der Waals surface area contributed by atoms with E-state index in [2.05, 4.69) is 5.10 Å². The second kappa shape index (κ2) is 8.41. The minimum Gasteiger partial charge on any atom is -0.293 e. The molecule has 1 aliphatic rings. The number of hydrogen-bond donors (Lipinski definition) is 0. The summed E-state index contributed by atoms with van der Waals surface area (Å²) < 4.78 is 25.7. The molecule has 0 N–H and O–H groups in total. The Morgan fingerprint density at radius 2 is 1.79 bits per heavy atom. The number of rotatable bonds is 6. The second-order valence-corrected chi connectivity index (χ2v) is 9.83. The van der Waals surface area contributed by atoms with Crippen LogP contribution in [0.25, 0.3) is 0 Å². The molecule has 0 saturated carbocycles. The summed E-state index contributed by atoms with van der Waals surface area (Å²) in [6.45, 7) is 2.59. The topological polar surface area (TPSA) is 53.0 Å². The van der Waals surface area contributed by atoms with Crippen LogP contribution in [0.15, 0.2) is 52.5 Å². The number of nitrogens with zero attached hydrogens (tertiary/aromatic N) is 3. The van der Waals surface area contributed by atoms with Gasteiger partial charge in [0.15, 0.2) is 9.84 Å². The Labute approximate surface area is 176 Å². The lowest BCUT2D eigenvalue weighted by molar-refractivity contribution is 0.356. The molecule has 150 valence electrons. The third kappa shape index (κ3) is 4.20. The van der Waals surface area contributed by atoms with E-state index in [0.717, 1.165) is 29.9 Å². The molecule has 2 aromatic carbocycles. The van der Waals surface area contributed by atoms with E-state index in [1.807, 2.05) is 24.1 Å². The molecule has 1 unspecified atom stereocenters. The van der Waals surface area contributed by atoms with Crippen LogP contribution in [0.3, 0.4) is 0 Å². The Kier molecular flexibility index (Phi) is 6.34. The Bertz CT molecular complexity index is 989. The average Bonchev–Trinajstić information content (AvgIpc) is 3.14. The van der Waals surface area contributed by atoms with E-state index in [1.54, 1.807) is 49.3 Å². The smallest absolute Gasteiger partial charge is 0.194 e. The number of hydrogen-bond acceptors (Lipinski definition) is 5.